The summed E-state index contributed by atoms with van der Waals surface area (Å²) in [7, 11) is 0. The van der Waals surface area contributed by atoms with Crippen LogP contribution in [0.25, 0.3) is 6.08 Å². The molecule has 0 aliphatic carbocycles. The molecule has 0 radical (unpaired) electrons. The largest absolute Gasteiger partial charge is 0.296 e. The molecule has 1 aliphatic rings. The summed E-state index contributed by atoms with van der Waals surface area (Å²) >= 11 is 0. The average molecular weight is 411 g/mol. The van der Waals surface area contributed by atoms with Crippen LogP contribution in [0.15, 0.2) is 30.3 Å². The van der Waals surface area contributed by atoms with Crippen LogP contribution in [0.4, 0.5) is 0 Å². The molecule has 3 rings (SSSR count). The summed E-state index contributed by atoms with van der Waals surface area (Å²) in [6, 6.07) is 8.77. The van der Waals surface area contributed by atoms with Gasteiger partial charge < -0.3 is 0 Å². The van der Waals surface area contributed by atoms with E-state index in [4.69, 9.17) is 10.3 Å². The van der Waals surface area contributed by atoms with Gasteiger partial charge in [0, 0.05) is 24.4 Å². The maximum atomic E-state index is 11.1. The Morgan fingerprint density at radius 3 is 2.57 bits per heavy atom. The minimum absolute atomic E-state index is 0.00266. The van der Waals surface area contributed by atoms with Crippen molar-refractivity contribution in [1.29, 1.82) is 0 Å². The fraction of sp³-hybridized carbons (Fsp3) is 0.500. The number of carbonyl (C=O) groups excluding carboxylic acids is 1. The van der Waals surface area contributed by atoms with Crippen LogP contribution in [0.3, 0.4) is 0 Å². The summed E-state index contributed by atoms with van der Waals surface area (Å²) in [5.41, 5.74) is 7.64. The molecule has 2 N–H and O–H groups in total. The summed E-state index contributed by atoms with van der Waals surface area (Å²) in [4.78, 5) is 13.7. The van der Waals surface area contributed by atoms with E-state index in [9.17, 15) is 4.79 Å². The van der Waals surface area contributed by atoms with Crippen LogP contribution in [-0.2, 0) is 16.8 Å². The van der Waals surface area contributed by atoms with Gasteiger partial charge in [0.05, 0.1) is 11.2 Å². The first-order valence-corrected chi connectivity index (χ1v) is 10.7. The van der Waals surface area contributed by atoms with Gasteiger partial charge in [0.1, 0.15) is 0 Å². The summed E-state index contributed by atoms with van der Waals surface area (Å²) in [5, 5.41) is 13.4. The molecule has 6 nitrogen and oxygen atoms in total. The number of rotatable bonds is 6. The van der Waals surface area contributed by atoms with Crippen LogP contribution in [0.5, 0.6) is 0 Å². The fourth-order valence-corrected chi connectivity index (χ4v) is 4.46. The number of carbonyl (C=O) groups is 1. The third-order valence-electron chi connectivity index (χ3n) is 5.95. The van der Waals surface area contributed by atoms with Gasteiger partial charge in [-0.3, -0.25) is 19.6 Å². The molecule has 2 aromatic rings. The van der Waals surface area contributed by atoms with E-state index in [2.05, 4.69) is 56.3 Å². The molecule has 30 heavy (non-hydrogen) atoms. The van der Waals surface area contributed by atoms with Crippen molar-refractivity contribution in [3.63, 3.8) is 0 Å². The molecule has 1 aromatic carbocycles. The highest BCUT2D eigenvalue weighted by Crippen LogP contribution is 2.32. The first-order chi connectivity index (χ1) is 14.2. The van der Waals surface area contributed by atoms with Gasteiger partial charge in [-0.2, -0.15) is 5.10 Å². The summed E-state index contributed by atoms with van der Waals surface area (Å²) in [5.74, 6) is -0.526. The Kier molecular flexibility index (Phi) is 6.78. The summed E-state index contributed by atoms with van der Waals surface area (Å²) in [6.45, 7) is 13.0. The van der Waals surface area contributed by atoms with Gasteiger partial charge in [0.15, 0.2) is 0 Å². The Hall–Kier alpha value is -2.44. The van der Waals surface area contributed by atoms with Gasteiger partial charge in [-0.15, -0.1) is 0 Å². The maximum Gasteiger partial charge on any atom is 0.267 e. The number of nitrogens with zero attached hydrogens (tertiary/aromatic N) is 3. The van der Waals surface area contributed by atoms with Crippen LogP contribution in [0.1, 0.15) is 67.7 Å². The molecule has 1 aromatic heterocycles. The van der Waals surface area contributed by atoms with Crippen LogP contribution >= 0.6 is 0 Å². The van der Waals surface area contributed by atoms with Crippen molar-refractivity contribution in [3.05, 3.63) is 58.4 Å². The first kappa shape index (κ1) is 22.2. The molecule has 0 bridgehead atoms. The number of hydrogen-bond acceptors (Lipinski definition) is 4. The Bertz CT molecular complexity index is 907. The second-order valence-electron chi connectivity index (χ2n) is 9.15. The van der Waals surface area contributed by atoms with E-state index in [0.29, 0.717) is 6.04 Å². The van der Waals surface area contributed by atoms with Crippen molar-refractivity contribution < 1.29 is 10.0 Å². The van der Waals surface area contributed by atoms with E-state index in [-0.39, 0.29) is 5.54 Å². The molecule has 1 fully saturated rings. The van der Waals surface area contributed by atoms with Crippen molar-refractivity contribution in [2.24, 2.45) is 0 Å². The lowest BCUT2D eigenvalue weighted by atomic mass is 10.0. The van der Waals surface area contributed by atoms with Gasteiger partial charge >= 0.3 is 0 Å². The van der Waals surface area contributed by atoms with Gasteiger partial charge in [-0.05, 0) is 83.2 Å². The standard InChI is InChI=1S/C24H34N4O2/c1-17-21(18(2)28(25-17)24(3,4)5)14-16-27-15-6-7-22(27)20-11-8-19(9-12-20)10-13-23(29)26-30/h8-13,22,30H,6-7,14-16H2,1-5H3,(H,26,29)/b13-10+. The van der Waals surface area contributed by atoms with Crippen LogP contribution in [0, 0.1) is 13.8 Å². The zero-order chi connectivity index (χ0) is 21.9. The summed E-state index contributed by atoms with van der Waals surface area (Å²) < 4.78 is 2.16. The Morgan fingerprint density at radius 1 is 1.27 bits per heavy atom. The second kappa shape index (κ2) is 9.14. The van der Waals surface area contributed by atoms with Crippen molar-refractivity contribution in [3.8, 4) is 0 Å². The molecular weight excluding hydrogens is 376 g/mol. The van der Waals surface area contributed by atoms with Crippen LogP contribution in [-0.4, -0.2) is 38.9 Å². The zero-order valence-corrected chi connectivity index (χ0v) is 18.8. The van der Waals surface area contributed by atoms with Gasteiger partial charge in [0.25, 0.3) is 5.91 Å². The quantitative estimate of drug-likeness (QED) is 0.426. The third kappa shape index (κ3) is 4.99. The minimum Gasteiger partial charge on any atom is -0.296 e. The number of nitrogens with one attached hydrogen (secondary N) is 1. The number of likely N-dealkylation sites (tertiary alicyclic amines) is 1. The SMILES string of the molecule is Cc1nn(C(C)(C)C)c(C)c1CCN1CCCC1c1ccc(/C=C/C(=O)NO)cc1. The highest BCUT2D eigenvalue weighted by Gasteiger charge is 2.27. The molecule has 162 valence electrons. The van der Waals surface area contributed by atoms with Crippen LogP contribution < -0.4 is 5.48 Å². The van der Waals surface area contributed by atoms with E-state index in [1.54, 1.807) is 11.6 Å². The predicted octanol–water partition coefficient (Wildman–Crippen LogP) is 4.15. The summed E-state index contributed by atoms with van der Waals surface area (Å²) in [6.07, 6.45) is 6.41. The smallest absolute Gasteiger partial charge is 0.267 e. The van der Waals surface area contributed by atoms with Crippen molar-refractivity contribution in [2.75, 3.05) is 13.1 Å². The number of aromatic nitrogens is 2. The first-order valence-electron chi connectivity index (χ1n) is 10.7. The molecule has 0 saturated carbocycles. The monoisotopic (exact) mass is 410 g/mol. The molecular formula is C24H34N4O2. The molecule has 1 atom stereocenters. The molecule has 6 heteroatoms. The van der Waals surface area contributed by atoms with Crippen molar-refractivity contribution in [2.45, 2.75) is 65.5 Å². The van der Waals surface area contributed by atoms with Crippen molar-refractivity contribution in [1.82, 2.24) is 20.2 Å². The van der Waals surface area contributed by atoms with E-state index < -0.39 is 5.91 Å². The number of benzene rings is 1. The lowest BCUT2D eigenvalue weighted by molar-refractivity contribution is -0.124. The number of hydroxylamine groups is 1. The van der Waals surface area contributed by atoms with E-state index in [0.717, 1.165) is 30.8 Å². The van der Waals surface area contributed by atoms with E-state index in [1.165, 1.54) is 35.7 Å². The molecule has 1 saturated heterocycles. The topological polar surface area (TPSA) is 70.4 Å². The predicted molar refractivity (Wildman–Crippen MR) is 119 cm³/mol. The molecule has 1 amide bonds. The molecule has 2 heterocycles. The molecule has 0 spiro atoms. The van der Waals surface area contributed by atoms with Crippen molar-refractivity contribution >= 4 is 12.0 Å². The van der Waals surface area contributed by atoms with Crippen LogP contribution in [0.2, 0.25) is 0 Å². The number of hydrogen-bond donors (Lipinski definition) is 2. The van der Waals surface area contributed by atoms with E-state index in [1.807, 2.05) is 12.1 Å². The van der Waals surface area contributed by atoms with Gasteiger partial charge in [0.2, 0.25) is 0 Å². The maximum absolute atomic E-state index is 11.1. The third-order valence-corrected chi connectivity index (χ3v) is 5.95. The normalized spacial score (nSPS) is 17.7. The lowest BCUT2D eigenvalue weighted by Gasteiger charge is -2.25. The Labute approximate surface area is 179 Å². The Balaban J connectivity index is 1.68. The number of aryl methyl sites for hydroxylation is 1. The zero-order valence-electron chi connectivity index (χ0n) is 18.8. The fourth-order valence-electron chi connectivity index (χ4n) is 4.46. The Morgan fingerprint density at radius 2 is 1.97 bits per heavy atom. The average Bonchev–Trinajstić information content (AvgIpc) is 3.29. The second-order valence-corrected chi connectivity index (χ2v) is 9.15. The highest BCUT2D eigenvalue weighted by molar-refractivity contribution is 5.90. The molecule has 1 aliphatic heterocycles. The highest BCUT2D eigenvalue weighted by atomic mass is 16.5. The van der Waals surface area contributed by atoms with Gasteiger partial charge in [-0.25, -0.2) is 5.48 Å². The van der Waals surface area contributed by atoms with E-state index >= 15 is 0 Å². The van der Waals surface area contributed by atoms with Gasteiger partial charge in [-0.1, -0.05) is 24.3 Å². The number of amides is 1. The minimum atomic E-state index is -0.526. The molecule has 1 unspecified atom stereocenters. The lowest BCUT2D eigenvalue weighted by Crippen LogP contribution is -2.26.